The molecule has 0 saturated heterocycles. The summed E-state index contributed by atoms with van der Waals surface area (Å²) in [5.74, 6) is -0.325. The van der Waals surface area contributed by atoms with Crippen LogP contribution < -0.4 is 10.6 Å². The number of esters is 1. The van der Waals surface area contributed by atoms with E-state index in [4.69, 9.17) is 21.7 Å². The summed E-state index contributed by atoms with van der Waals surface area (Å²) in [6.07, 6.45) is 0.659. The molecule has 1 aromatic heterocycles. The van der Waals surface area contributed by atoms with E-state index in [-0.39, 0.29) is 11.6 Å². The van der Waals surface area contributed by atoms with Crippen LogP contribution in [0, 0.1) is 6.92 Å². The van der Waals surface area contributed by atoms with Gasteiger partial charge in [-0.15, -0.1) is 11.3 Å². The molecule has 0 spiro atoms. The fourth-order valence-corrected chi connectivity index (χ4v) is 4.46. The van der Waals surface area contributed by atoms with Crippen molar-refractivity contribution in [3.8, 4) is 0 Å². The summed E-state index contributed by atoms with van der Waals surface area (Å²) in [7, 11) is 0. The number of rotatable bonds is 4. The second kappa shape index (κ2) is 7.96. The van der Waals surface area contributed by atoms with Crippen molar-refractivity contribution in [1.29, 1.82) is 0 Å². The number of ether oxygens (including phenoxy) is 2. The van der Waals surface area contributed by atoms with E-state index in [2.05, 4.69) is 10.6 Å². The molecule has 2 heterocycles. The monoisotopic (exact) mass is 404 g/mol. The van der Waals surface area contributed by atoms with Crippen LogP contribution >= 0.6 is 23.6 Å². The molecule has 0 radical (unpaired) electrons. The van der Waals surface area contributed by atoms with E-state index in [9.17, 15) is 4.79 Å². The van der Waals surface area contributed by atoms with E-state index < -0.39 is 0 Å². The molecule has 0 fully saturated rings. The molecule has 0 aliphatic carbocycles. The molecular weight excluding hydrogens is 380 g/mol. The van der Waals surface area contributed by atoms with Crippen molar-refractivity contribution < 1.29 is 14.3 Å². The molecule has 5 nitrogen and oxygen atoms in total. The van der Waals surface area contributed by atoms with Gasteiger partial charge in [-0.1, -0.05) is 12.1 Å². The number of hydrogen-bond acceptors (Lipinski definition) is 5. The fourth-order valence-electron chi connectivity index (χ4n) is 3.05. The highest BCUT2D eigenvalue weighted by Crippen LogP contribution is 2.40. The Balaban J connectivity index is 1.87. The van der Waals surface area contributed by atoms with Gasteiger partial charge in [-0.3, -0.25) is 0 Å². The predicted molar refractivity (Wildman–Crippen MR) is 114 cm³/mol. The summed E-state index contributed by atoms with van der Waals surface area (Å²) >= 11 is 6.95. The van der Waals surface area contributed by atoms with Crippen molar-refractivity contribution in [2.75, 3.05) is 17.2 Å². The quantitative estimate of drug-likeness (QED) is 0.559. The summed E-state index contributed by atoms with van der Waals surface area (Å²) in [5, 5.41) is 7.49. The molecule has 0 atom stereocenters. The number of fused-ring (bicyclic) bond motifs is 1. The molecule has 3 rings (SSSR count). The zero-order chi connectivity index (χ0) is 19.6. The van der Waals surface area contributed by atoms with Crippen LogP contribution in [0.4, 0.5) is 10.7 Å². The Hall–Kier alpha value is -1.96. The number of carbonyl (C=O) groups is 1. The maximum absolute atomic E-state index is 12.6. The molecule has 0 bridgehead atoms. The van der Waals surface area contributed by atoms with Gasteiger partial charge in [-0.25, -0.2) is 4.79 Å². The normalized spacial score (nSPS) is 15.0. The first-order valence-electron chi connectivity index (χ1n) is 8.89. The molecule has 0 amide bonds. The molecular formula is C20H24N2O3S2. The Labute approximate surface area is 169 Å². The lowest BCUT2D eigenvalue weighted by Crippen LogP contribution is -2.32. The van der Waals surface area contributed by atoms with Gasteiger partial charge in [-0.2, -0.15) is 0 Å². The molecule has 0 saturated carbocycles. The van der Waals surface area contributed by atoms with Crippen molar-refractivity contribution in [2.24, 2.45) is 0 Å². The third-order valence-corrected chi connectivity index (χ3v) is 5.59. The maximum atomic E-state index is 12.6. The second-order valence-corrected chi connectivity index (χ2v) is 8.62. The highest BCUT2D eigenvalue weighted by atomic mass is 32.1. The maximum Gasteiger partial charge on any atom is 0.341 e. The largest absolute Gasteiger partial charge is 0.462 e. The van der Waals surface area contributed by atoms with Crippen molar-refractivity contribution >= 4 is 45.3 Å². The summed E-state index contributed by atoms with van der Waals surface area (Å²) in [6, 6.07) is 7.95. The molecule has 7 heteroatoms. The van der Waals surface area contributed by atoms with Crippen LogP contribution in [0.3, 0.4) is 0 Å². The molecule has 1 aromatic carbocycles. The van der Waals surface area contributed by atoms with E-state index in [0.29, 0.717) is 35.3 Å². The van der Waals surface area contributed by atoms with E-state index in [0.717, 1.165) is 21.7 Å². The summed E-state index contributed by atoms with van der Waals surface area (Å²) in [5.41, 5.74) is 3.29. The van der Waals surface area contributed by atoms with Crippen LogP contribution in [0.2, 0.25) is 0 Å². The number of aryl methyl sites for hydroxylation is 1. The first kappa shape index (κ1) is 19.8. The zero-order valence-corrected chi connectivity index (χ0v) is 17.6. The standard InChI is InChI=1S/C20H24N2O3S2/c1-5-24-18(23)16-14-10-20(3,4)25-11-15(14)27-17(16)22-19(26)21-13-8-6-7-12(2)9-13/h6-9H,5,10-11H2,1-4H3,(H2,21,22,26). The number of nitrogens with one attached hydrogen (secondary N) is 2. The molecule has 2 aromatic rings. The zero-order valence-electron chi connectivity index (χ0n) is 16.0. The lowest BCUT2D eigenvalue weighted by atomic mass is 9.93. The van der Waals surface area contributed by atoms with Gasteiger partial charge < -0.3 is 20.1 Å². The first-order valence-corrected chi connectivity index (χ1v) is 10.1. The fraction of sp³-hybridized carbons (Fsp3) is 0.400. The number of thiophene rings is 1. The lowest BCUT2D eigenvalue weighted by Gasteiger charge is -2.30. The van der Waals surface area contributed by atoms with Crippen LogP contribution in [0.5, 0.6) is 0 Å². The average molecular weight is 405 g/mol. The summed E-state index contributed by atoms with van der Waals surface area (Å²) in [6.45, 7) is 8.70. The van der Waals surface area contributed by atoms with Gasteiger partial charge in [-0.05, 0) is 63.2 Å². The highest BCUT2D eigenvalue weighted by molar-refractivity contribution is 7.80. The molecule has 1 aliphatic rings. The van der Waals surface area contributed by atoms with Gasteiger partial charge >= 0.3 is 5.97 Å². The Morgan fingerprint density at radius 3 is 2.85 bits per heavy atom. The lowest BCUT2D eigenvalue weighted by molar-refractivity contribution is -0.0384. The predicted octanol–water partition coefficient (Wildman–Crippen LogP) is 4.89. The van der Waals surface area contributed by atoms with Crippen molar-refractivity contribution in [2.45, 2.75) is 46.3 Å². The van der Waals surface area contributed by atoms with Gasteiger partial charge in [0.25, 0.3) is 0 Å². The Bertz CT molecular complexity index is 874. The molecule has 0 unspecified atom stereocenters. The van der Waals surface area contributed by atoms with Crippen LogP contribution in [0.25, 0.3) is 0 Å². The Morgan fingerprint density at radius 1 is 1.37 bits per heavy atom. The van der Waals surface area contributed by atoms with Crippen LogP contribution in [-0.2, 0) is 22.5 Å². The van der Waals surface area contributed by atoms with Crippen molar-refractivity contribution in [3.63, 3.8) is 0 Å². The van der Waals surface area contributed by atoms with E-state index in [1.54, 1.807) is 6.92 Å². The third kappa shape index (κ3) is 4.66. The van der Waals surface area contributed by atoms with Gasteiger partial charge in [0.2, 0.25) is 0 Å². The summed E-state index contributed by atoms with van der Waals surface area (Å²) in [4.78, 5) is 13.7. The molecule has 2 N–H and O–H groups in total. The van der Waals surface area contributed by atoms with E-state index in [1.165, 1.54) is 11.3 Å². The average Bonchev–Trinajstić information content (AvgIpc) is 2.90. The van der Waals surface area contributed by atoms with Gasteiger partial charge in [0.05, 0.1) is 24.4 Å². The summed E-state index contributed by atoms with van der Waals surface area (Å²) < 4.78 is 11.2. The third-order valence-electron chi connectivity index (χ3n) is 4.27. The molecule has 144 valence electrons. The SMILES string of the molecule is CCOC(=O)c1c(NC(=S)Nc2cccc(C)c2)sc2c1CC(C)(C)OC2. The number of benzene rings is 1. The Kier molecular flexibility index (Phi) is 5.83. The van der Waals surface area contributed by atoms with Crippen molar-refractivity contribution in [1.82, 2.24) is 0 Å². The highest BCUT2D eigenvalue weighted by Gasteiger charge is 2.34. The van der Waals surface area contributed by atoms with Crippen LogP contribution in [-0.4, -0.2) is 23.3 Å². The second-order valence-electron chi connectivity index (χ2n) is 7.10. The van der Waals surface area contributed by atoms with Gasteiger partial charge in [0.1, 0.15) is 5.00 Å². The smallest absolute Gasteiger partial charge is 0.341 e. The van der Waals surface area contributed by atoms with Crippen molar-refractivity contribution in [3.05, 3.63) is 45.8 Å². The molecule has 1 aliphatic heterocycles. The minimum atomic E-state index is -0.325. The van der Waals surface area contributed by atoms with Crippen LogP contribution in [0.15, 0.2) is 24.3 Å². The minimum absolute atomic E-state index is 0.313. The van der Waals surface area contributed by atoms with Gasteiger partial charge in [0, 0.05) is 17.0 Å². The molecule has 27 heavy (non-hydrogen) atoms. The number of carbonyl (C=O) groups excluding carboxylic acids is 1. The number of hydrogen-bond donors (Lipinski definition) is 2. The minimum Gasteiger partial charge on any atom is -0.462 e. The van der Waals surface area contributed by atoms with E-state index in [1.807, 2.05) is 45.0 Å². The first-order chi connectivity index (χ1) is 12.8. The van der Waals surface area contributed by atoms with Crippen LogP contribution in [0.1, 0.15) is 47.1 Å². The number of thiocarbonyl (C=S) groups is 1. The number of anilines is 2. The van der Waals surface area contributed by atoms with E-state index >= 15 is 0 Å². The van der Waals surface area contributed by atoms with Gasteiger partial charge in [0.15, 0.2) is 5.11 Å². The topological polar surface area (TPSA) is 59.6 Å². The Morgan fingerprint density at radius 2 is 2.15 bits per heavy atom.